The van der Waals surface area contributed by atoms with E-state index in [1.54, 1.807) is 30.3 Å². The highest BCUT2D eigenvalue weighted by Gasteiger charge is 2.16. The average Bonchev–Trinajstić information content (AvgIpc) is 2.71. The van der Waals surface area contributed by atoms with Crippen molar-refractivity contribution in [3.63, 3.8) is 0 Å². The summed E-state index contributed by atoms with van der Waals surface area (Å²) in [5.41, 5.74) is 2.01. The van der Waals surface area contributed by atoms with E-state index in [0.29, 0.717) is 41.9 Å². The maximum Gasteiger partial charge on any atom is 0.238 e. The normalized spacial score (nSPS) is 14.3. The number of carbonyl (C=O) groups is 2. The first-order chi connectivity index (χ1) is 14.0. The maximum absolute atomic E-state index is 12.3. The summed E-state index contributed by atoms with van der Waals surface area (Å²) in [5.74, 6) is 0.202. The van der Waals surface area contributed by atoms with Crippen LogP contribution < -0.4 is 15.4 Å². The van der Waals surface area contributed by atoms with Crippen LogP contribution >= 0.6 is 11.6 Å². The van der Waals surface area contributed by atoms with Gasteiger partial charge in [0.15, 0.2) is 0 Å². The van der Waals surface area contributed by atoms with Gasteiger partial charge in [0.1, 0.15) is 5.75 Å². The quantitative estimate of drug-likeness (QED) is 0.724. The van der Waals surface area contributed by atoms with E-state index in [9.17, 15) is 9.59 Å². The van der Waals surface area contributed by atoms with Gasteiger partial charge in [-0.1, -0.05) is 23.7 Å². The molecule has 1 heterocycles. The molecule has 7 nitrogen and oxygen atoms in total. The number of ether oxygens (including phenoxy) is 2. The van der Waals surface area contributed by atoms with E-state index in [2.05, 4.69) is 10.6 Å². The lowest BCUT2D eigenvalue weighted by atomic mass is 10.1. The number of rotatable bonds is 7. The minimum absolute atomic E-state index is 0.121. The molecule has 8 heteroatoms. The number of nitrogens with one attached hydrogen (secondary N) is 2. The Kier molecular flexibility index (Phi) is 7.46. The summed E-state index contributed by atoms with van der Waals surface area (Å²) in [5, 5.41) is 6.33. The Bertz CT molecular complexity index is 852. The average molecular weight is 418 g/mol. The summed E-state index contributed by atoms with van der Waals surface area (Å²) >= 11 is 5.86. The standard InChI is InChI=1S/C21H24ClN3O4/c1-28-19-13-17(23-20(26)12-15-2-4-16(22)5-3-15)6-7-18(19)24-21(27)14-25-8-10-29-11-9-25/h2-7,13H,8-12,14H2,1H3,(H,23,26)(H,24,27). The molecule has 0 aliphatic carbocycles. The summed E-state index contributed by atoms with van der Waals surface area (Å²) in [7, 11) is 1.52. The molecule has 1 saturated heterocycles. The molecule has 0 unspecified atom stereocenters. The smallest absolute Gasteiger partial charge is 0.238 e. The third-order valence-electron chi connectivity index (χ3n) is 4.51. The van der Waals surface area contributed by atoms with Crippen LogP contribution in [0.25, 0.3) is 0 Å². The lowest BCUT2D eigenvalue weighted by Gasteiger charge is -2.25. The Morgan fingerprint density at radius 1 is 1.07 bits per heavy atom. The van der Waals surface area contributed by atoms with Crippen molar-refractivity contribution in [3.8, 4) is 5.75 Å². The molecule has 2 aromatic rings. The van der Waals surface area contributed by atoms with Crippen molar-refractivity contribution in [1.29, 1.82) is 0 Å². The topological polar surface area (TPSA) is 79.9 Å². The summed E-state index contributed by atoms with van der Waals surface area (Å²) < 4.78 is 10.7. The number of hydrogen-bond donors (Lipinski definition) is 2. The van der Waals surface area contributed by atoms with Gasteiger partial charge < -0.3 is 20.1 Å². The first-order valence-electron chi connectivity index (χ1n) is 9.36. The molecule has 2 amide bonds. The third-order valence-corrected chi connectivity index (χ3v) is 4.76. The van der Waals surface area contributed by atoms with Crippen LogP contribution in [0.15, 0.2) is 42.5 Å². The number of nitrogens with zero attached hydrogens (tertiary/aromatic N) is 1. The highest BCUT2D eigenvalue weighted by molar-refractivity contribution is 6.30. The SMILES string of the molecule is COc1cc(NC(=O)Cc2ccc(Cl)cc2)ccc1NC(=O)CN1CCOCC1. The van der Waals surface area contributed by atoms with Crippen LogP contribution in [-0.2, 0) is 20.7 Å². The number of benzene rings is 2. The zero-order chi connectivity index (χ0) is 20.6. The van der Waals surface area contributed by atoms with Crippen molar-refractivity contribution in [2.45, 2.75) is 6.42 Å². The molecule has 0 bridgehead atoms. The first-order valence-corrected chi connectivity index (χ1v) is 9.73. The van der Waals surface area contributed by atoms with E-state index in [0.717, 1.165) is 18.7 Å². The summed E-state index contributed by atoms with van der Waals surface area (Å²) in [6, 6.07) is 12.3. The Morgan fingerprint density at radius 3 is 2.48 bits per heavy atom. The van der Waals surface area contributed by atoms with Crippen LogP contribution in [0.1, 0.15) is 5.56 Å². The van der Waals surface area contributed by atoms with E-state index in [1.807, 2.05) is 17.0 Å². The molecule has 1 aliphatic heterocycles. The van der Waals surface area contributed by atoms with Crippen LogP contribution in [0.4, 0.5) is 11.4 Å². The molecular weight excluding hydrogens is 394 g/mol. The fourth-order valence-corrected chi connectivity index (χ4v) is 3.14. The zero-order valence-electron chi connectivity index (χ0n) is 16.2. The van der Waals surface area contributed by atoms with E-state index in [4.69, 9.17) is 21.1 Å². The fraction of sp³-hybridized carbons (Fsp3) is 0.333. The minimum atomic E-state index is -0.154. The van der Waals surface area contributed by atoms with Crippen molar-refractivity contribution in [3.05, 3.63) is 53.1 Å². The highest BCUT2D eigenvalue weighted by atomic mass is 35.5. The second-order valence-corrected chi connectivity index (χ2v) is 7.14. The van der Waals surface area contributed by atoms with Crippen molar-refractivity contribution in [2.75, 3.05) is 50.6 Å². The second-order valence-electron chi connectivity index (χ2n) is 6.70. The molecular formula is C21H24ClN3O4. The van der Waals surface area contributed by atoms with E-state index < -0.39 is 0 Å². The Balaban J connectivity index is 1.58. The number of carbonyl (C=O) groups excluding carboxylic acids is 2. The molecule has 0 spiro atoms. The summed E-state index contributed by atoms with van der Waals surface area (Å²) in [4.78, 5) is 26.6. The van der Waals surface area contributed by atoms with Gasteiger partial charge in [-0.25, -0.2) is 0 Å². The van der Waals surface area contributed by atoms with Crippen LogP contribution in [0.5, 0.6) is 5.75 Å². The first kappa shape index (κ1) is 21.1. The van der Waals surface area contributed by atoms with Crippen molar-refractivity contribution >= 4 is 34.8 Å². The zero-order valence-corrected chi connectivity index (χ0v) is 17.0. The van der Waals surface area contributed by atoms with Crippen LogP contribution in [0.2, 0.25) is 5.02 Å². The number of methoxy groups -OCH3 is 1. The molecule has 3 rings (SSSR count). The largest absolute Gasteiger partial charge is 0.494 e. The van der Waals surface area contributed by atoms with Gasteiger partial charge in [-0.3, -0.25) is 14.5 Å². The van der Waals surface area contributed by atoms with Gasteiger partial charge in [0.25, 0.3) is 0 Å². The molecule has 154 valence electrons. The highest BCUT2D eigenvalue weighted by Crippen LogP contribution is 2.28. The van der Waals surface area contributed by atoms with E-state index in [1.165, 1.54) is 7.11 Å². The number of hydrogen-bond acceptors (Lipinski definition) is 5. The summed E-state index contributed by atoms with van der Waals surface area (Å²) in [6.45, 7) is 3.06. The lowest BCUT2D eigenvalue weighted by molar-refractivity contribution is -0.118. The predicted octanol–water partition coefficient (Wildman–Crippen LogP) is 2.80. The van der Waals surface area contributed by atoms with Gasteiger partial charge in [-0.15, -0.1) is 0 Å². The molecule has 0 saturated carbocycles. The number of morpholine rings is 1. The van der Waals surface area contributed by atoms with E-state index >= 15 is 0 Å². The monoisotopic (exact) mass is 417 g/mol. The van der Waals surface area contributed by atoms with Gasteiger partial charge in [-0.2, -0.15) is 0 Å². The lowest BCUT2D eigenvalue weighted by Crippen LogP contribution is -2.41. The van der Waals surface area contributed by atoms with E-state index in [-0.39, 0.29) is 18.2 Å². The Labute approximate surface area is 174 Å². The molecule has 0 atom stereocenters. The Hall–Kier alpha value is -2.61. The van der Waals surface area contributed by atoms with Crippen molar-refractivity contribution in [2.24, 2.45) is 0 Å². The minimum Gasteiger partial charge on any atom is -0.494 e. The van der Waals surface area contributed by atoms with Gasteiger partial charge >= 0.3 is 0 Å². The second kappa shape index (κ2) is 10.2. The molecule has 1 fully saturated rings. The molecule has 0 radical (unpaired) electrons. The summed E-state index contributed by atoms with van der Waals surface area (Å²) in [6.07, 6.45) is 0.234. The molecule has 2 aromatic carbocycles. The number of halogens is 1. The molecule has 29 heavy (non-hydrogen) atoms. The third kappa shape index (κ3) is 6.45. The predicted molar refractivity (Wildman–Crippen MR) is 113 cm³/mol. The van der Waals surface area contributed by atoms with Gasteiger partial charge in [0.05, 0.1) is 39.0 Å². The maximum atomic E-state index is 12.3. The van der Waals surface area contributed by atoms with Gasteiger partial charge in [-0.05, 0) is 29.8 Å². The van der Waals surface area contributed by atoms with Gasteiger partial charge in [0.2, 0.25) is 11.8 Å². The van der Waals surface area contributed by atoms with Crippen LogP contribution in [0, 0.1) is 0 Å². The fourth-order valence-electron chi connectivity index (χ4n) is 3.02. The Morgan fingerprint density at radius 2 is 1.79 bits per heavy atom. The molecule has 0 aromatic heterocycles. The number of amides is 2. The molecule has 1 aliphatic rings. The van der Waals surface area contributed by atoms with Crippen molar-refractivity contribution in [1.82, 2.24) is 4.90 Å². The number of anilines is 2. The molecule has 2 N–H and O–H groups in total. The van der Waals surface area contributed by atoms with Crippen molar-refractivity contribution < 1.29 is 19.1 Å². The van der Waals surface area contributed by atoms with Gasteiger partial charge in [0, 0.05) is 29.9 Å². The van der Waals surface area contributed by atoms with Crippen LogP contribution in [-0.4, -0.2) is 56.7 Å². The van der Waals surface area contributed by atoms with Crippen LogP contribution in [0.3, 0.4) is 0 Å².